The molecule has 0 spiro atoms. The SMILES string of the molecule is Cc1ccc2cc(N3CCCC3)ccc2n1. The number of aryl methyl sites for hydroxylation is 1. The minimum Gasteiger partial charge on any atom is -0.372 e. The fourth-order valence-corrected chi connectivity index (χ4v) is 2.39. The van der Waals surface area contributed by atoms with Gasteiger partial charge < -0.3 is 4.90 Å². The summed E-state index contributed by atoms with van der Waals surface area (Å²) in [5.41, 5.74) is 3.53. The Kier molecular flexibility index (Phi) is 2.28. The average molecular weight is 212 g/mol. The topological polar surface area (TPSA) is 16.1 Å². The average Bonchev–Trinajstić information content (AvgIpc) is 2.82. The van der Waals surface area contributed by atoms with Gasteiger partial charge in [0.15, 0.2) is 0 Å². The first kappa shape index (κ1) is 9.64. The van der Waals surface area contributed by atoms with E-state index in [4.69, 9.17) is 0 Å². The van der Waals surface area contributed by atoms with E-state index in [-0.39, 0.29) is 0 Å². The second kappa shape index (κ2) is 3.78. The Labute approximate surface area is 95.9 Å². The highest BCUT2D eigenvalue weighted by molar-refractivity contribution is 5.82. The molecule has 2 heteroatoms. The fraction of sp³-hybridized carbons (Fsp3) is 0.357. The molecule has 0 N–H and O–H groups in total. The molecule has 0 amide bonds. The Morgan fingerprint density at radius 2 is 1.88 bits per heavy atom. The molecular weight excluding hydrogens is 196 g/mol. The molecule has 1 fully saturated rings. The highest BCUT2D eigenvalue weighted by Gasteiger charge is 2.12. The van der Waals surface area contributed by atoms with E-state index in [0.717, 1.165) is 11.2 Å². The summed E-state index contributed by atoms with van der Waals surface area (Å²) in [6.07, 6.45) is 2.65. The maximum atomic E-state index is 4.52. The summed E-state index contributed by atoms with van der Waals surface area (Å²) in [5, 5.41) is 1.25. The quantitative estimate of drug-likeness (QED) is 0.722. The highest BCUT2D eigenvalue weighted by Crippen LogP contribution is 2.24. The number of hydrogen-bond donors (Lipinski definition) is 0. The van der Waals surface area contributed by atoms with Gasteiger partial charge in [0, 0.05) is 29.9 Å². The molecule has 2 aromatic rings. The van der Waals surface area contributed by atoms with Gasteiger partial charge in [0.05, 0.1) is 5.52 Å². The number of aromatic nitrogens is 1. The maximum absolute atomic E-state index is 4.52. The summed E-state index contributed by atoms with van der Waals surface area (Å²) >= 11 is 0. The van der Waals surface area contributed by atoms with E-state index in [1.54, 1.807) is 0 Å². The molecule has 0 aliphatic carbocycles. The van der Waals surface area contributed by atoms with E-state index in [2.05, 4.69) is 40.2 Å². The lowest BCUT2D eigenvalue weighted by Gasteiger charge is -2.17. The van der Waals surface area contributed by atoms with Crippen LogP contribution in [0.3, 0.4) is 0 Å². The second-order valence-electron chi connectivity index (χ2n) is 4.52. The first-order valence-electron chi connectivity index (χ1n) is 5.95. The van der Waals surface area contributed by atoms with Gasteiger partial charge in [-0.2, -0.15) is 0 Å². The van der Waals surface area contributed by atoms with Gasteiger partial charge in [0.25, 0.3) is 0 Å². The van der Waals surface area contributed by atoms with Crippen molar-refractivity contribution in [3.8, 4) is 0 Å². The predicted octanol–water partition coefficient (Wildman–Crippen LogP) is 3.14. The van der Waals surface area contributed by atoms with Gasteiger partial charge in [0.1, 0.15) is 0 Å². The number of anilines is 1. The van der Waals surface area contributed by atoms with Crippen LogP contribution < -0.4 is 4.90 Å². The zero-order chi connectivity index (χ0) is 11.0. The van der Waals surface area contributed by atoms with Crippen molar-refractivity contribution >= 4 is 16.6 Å². The van der Waals surface area contributed by atoms with Crippen LogP contribution in [-0.2, 0) is 0 Å². The largest absolute Gasteiger partial charge is 0.372 e. The molecule has 1 aromatic heterocycles. The molecular formula is C14H16N2. The summed E-state index contributed by atoms with van der Waals surface area (Å²) in [7, 11) is 0. The molecule has 1 aliphatic rings. The predicted molar refractivity (Wildman–Crippen MR) is 67.9 cm³/mol. The van der Waals surface area contributed by atoms with Crippen molar-refractivity contribution in [1.29, 1.82) is 0 Å². The summed E-state index contributed by atoms with van der Waals surface area (Å²) in [4.78, 5) is 6.98. The lowest BCUT2D eigenvalue weighted by molar-refractivity contribution is 0.949. The summed E-state index contributed by atoms with van der Waals surface area (Å²) in [6.45, 7) is 4.43. The fourth-order valence-electron chi connectivity index (χ4n) is 2.39. The molecule has 0 atom stereocenters. The monoisotopic (exact) mass is 212 g/mol. The zero-order valence-electron chi connectivity index (χ0n) is 9.61. The number of pyridine rings is 1. The Morgan fingerprint density at radius 3 is 2.69 bits per heavy atom. The minimum absolute atomic E-state index is 1.08. The molecule has 1 saturated heterocycles. The van der Waals surface area contributed by atoms with Gasteiger partial charge in [0.2, 0.25) is 0 Å². The second-order valence-corrected chi connectivity index (χ2v) is 4.52. The van der Waals surface area contributed by atoms with Crippen molar-refractivity contribution in [2.75, 3.05) is 18.0 Å². The summed E-state index contributed by atoms with van der Waals surface area (Å²) in [6, 6.07) is 10.8. The summed E-state index contributed by atoms with van der Waals surface area (Å²) < 4.78 is 0. The Bertz CT molecular complexity index is 513. The van der Waals surface area contributed by atoms with Crippen LogP contribution in [0.15, 0.2) is 30.3 Å². The zero-order valence-corrected chi connectivity index (χ0v) is 9.61. The first-order valence-corrected chi connectivity index (χ1v) is 5.95. The molecule has 2 heterocycles. The van der Waals surface area contributed by atoms with E-state index in [9.17, 15) is 0 Å². The van der Waals surface area contributed by atoms with E-state index in [0.29, 0.717) is 0 Å². The van der Waals surface area contributed by atoms with Crippen LogP contribution in [-0.4, -0.2) is 18.1 Å². The van der Waals surface area contributed by atoms with E-state index < -0.39 is 0 Å². The van der Waals surface area contributed by atoms with Crippen molar-refractivity contribution < 1.29 is 0 Å². The van der Waals surface area contributed by atoms with Crippen LogP contribution >= 0.6 is 0 Å². The van der Waals surface area contributed by atoms with Gasteiger partial charge in [-0.1, -0.05) is 6.07 Å². The van der Waals surface area contributed by atoms with Crippen molar-refractivity contribution in [1.82, 2.24) is 4.98 Å². The van der Waals surface area contributed by atoms with E-state index >= 15 is 0 Å². The van der Waals surface area contributed by atoms with Crippen molar-refractivity contribution in [3.63, 3.8) is 0 Å². The van der Waals surface area contributed by atoms with Gasteiger partial charge in [-0.15, -0.1) is 0 Å². The molecule has 2 nitrogen and oxygen atoms in total. The van der Waals surface area contributed by atoms with E-state index in [1.165, 1.54) is 37.0 Å². The standard InChI is InChI=1S/C14H16N2/c1-11-4-5-12-10-13(6-7-14(12)15-11)16-8-2-3-9-16/h4-7,10H,2-3,8-9H2,1H3. The Balaban J connectivity index is 2.05. The molecule has 1 aliphatic heterocycles. The maximum Gasteiger partial charge on any atom is 0.0706 e. The Hall–Kier alpha value is -1.57. The normalized spacial score (nSPS) is 15.9. The lowest BCUT2D eigenvalue weighted by atomic mass is 10.1. The van der Waals surface area contributed by atoms with Crippen LogP contribution in [0.4, 0.5) is 5.69 Å². The molecule has 0 unspecified atom stereocenters. The third-order valence-electron chi connectivity index (χ3n) is 3.28. The molecule has 1 aromatic carbocycles. The van der Waals surface area contributed by atoms with Crippen molar-refractivity contribution in [2.45, 2.75) is 19.8 Å². The molecule has 0 bridgehead atoms. The van der Waals surface area contributed by atoms with Gasteiger partial charge in [-0.05, 0) is 44.0 Å². The molecule has 16 heavy (non-hydrogen) atoms. The highest BCUT2D eigenvalue weighted by atomic mass is 15.1. The van der Waals surface area contributed by atoms with Crippen molar-refractivity contribution in [3.05, 3.63) is 36.0 Å². The van der Waals surface area contributed by atoms with E-state index in [1.807, 2.05) is 6.92 Å². The molecule has 3 rings (SSSR count). The molecule has 0 saturated carbocycles. The van der Waals surface area contributed by atoms with Crippen molar-refractivity contribution in [2.24, 2.45) is 0 Å². The van der Waals surface area contributed by atoms with Crippen LogP contribution in [0.2, 0.25) is 0 Å². The number of fused-ring (bicyclic) bond motifs is 1. The third kappa shape index (κ3) is 1.64. The van der Waals surface area contributed by atoms with Crippen LogP contribution in [0.5, 0.6) is 0 Å². The van der Waals surface area contributed by atoms with Gasteiger partial charge in [-0.25, -0.2) is 0 Å². The first-order chi connectivity index (χ1) is 7.83. The molecule has 0 radical (unpaired) electrons. The van der Waals surface area contributed by atoms with Crippen LogP contribution in [0.1, 0.15) is 18.5 Å². The summed E-state index contributed by atoms with van der Waals surface area (Å²) in [5.74, 6) is 0. The smallest absolute Gasteiger partial charge is 0.0706 e. The number of hydrogen-bond acceptors (Lipinski definition) is 2. The Morgan fingerprint density at radius 1 is 1.06 bits per heavy atom. The van der Waals surface area contributed by atoms with Gasteiger partial charge in [-0.3, -0.25) is 4.98 Å². The van der Waals surface area contributed by atoms with Gasteiger partial charge >= 0.3 is 0 Å². The molecule has 82 valence electrons. The number of nitrogens with zero attached hydrogens (tertiary/aromatic N) is 2. The number of benzene rings is 1. The van der Waals surface area contributed by atoms with Crippen LogP contribution in [0.25, 0.3) is 10.9 Å². The lowest BCUT2D eigenvalue weighted by Crippen LogP contribution is -2.17. The minimum atomic E-state index is 1.08. The third-order valence-corrected chi connectivity index (χ3v) is 3.28. The van der Waals surface area contributed by atoms with Crippen LogP contribution in [0, 0.1) is 6.92 Å². The number of rotatable bonds is 1.